The van der Waals surface area contributed by atoms with Gasteiger partial charge in [-0.15, -0.1) is 0 Å². The lowest BCUT2D eigenvalue weighted by Gasteiger charge is -2.29. The molecule has 15 rings (SSSR count). The molecule has 0 spiro atoms. The third-order valence-electron chi connectivity index (χ3n) is 17.1. The molecule has 0 radical (unpaired) electrons. The summed E-state index contributed by atoms with van der Waals surface area (Å²) >= 11 is 0. The summed E-state index contributed by atoms with van der Waals surface area (Å²) in [6, 6.07) is 29.4. The normalized spacial score (nSPS) is 28.4. The lowest BCUT2D eigenvalue weighted by atomic mass is 10.0. The highest BCUT2D eigenvalue weighted by Gasteiger charge is 2.43. The van der Waals surface area contributed by atoms with Gasteiger partial charge in [0.1, 0.15) is 55.2 Å². The van der Waals surface area contributed by atoms with Gasteiger partial charge in [0.25, 0.3) is 17.7 Å². The number of hydrogen-bond donors (Lipinski definition) is 3. The zero-order valence-corrected chi connectivity index (χ0v) is 53.4. The summed E-state index contributed by atoms with van der Waals surface area (Å²) in [6.45, 7) is 3.79. The SMILES string of the molecule is [2H]C1([2H])c2c(OCc3ccc(CN4CCOCC4)cc3)cccc2C(=O)N1C1C(=O)NC(=O)C([2H])([2H])C1([2H])[2H].[2H]C1([2H])c2c(OCc3ccc(CN4CCOCC4)cc3)cccc2C(=O)N1[C@@H]1C(=O)NC(=O)C([2H])([2H])C1([2H])[2H].[2H]C1([2H])c2c(OCc3ccc(CN4CCOCC4)cc3)cccc2C(=O)N1[C@H]1C(=O)NC(=O)C([2H])([2H])C1([2H])[2H]. The zero-order valence-electron chi connectivity index (χ0n) is 71.4. The maximum atomic E-state index is 13.3. The summed E-state index contributed by atoms with van der Waals surface area (Å²) in [5, 5.41) is 5.20. The number of amides is 9. The van der Waals surface area contributed by atoms with Crippen LogP contribution in [0.1, 0.15) is 144 Å². The maximum absolute atomic E-state index is 13.3. The van der Waals surface area contributed by atoms with E-state index in [4.69, 9.17) is 53.1 Å². The van der Waals surface area contributed by atoms with Gasteiger partial charge in [-0.1, -0.05) is 91.0 Å². The number of benzene rings is 6. The fourth-order valence-corrected chi connectivity index (χ4v) is 11.8. The molecule has 0 aliphatic carbocycles. The van der Waals surface area contributed by atoms with Gasteiger partial charge < -0.3 is 43.1 Å². The highest BCUT2D eigenvalue weighted by Crippen LogP contribution is 2.37. The number of rotatable bonds is 18. The topological polar surface area (TPSA) is 265 Å². The number of nitrogens with one attached hydrogen (secondary N) is 3. The third kappa shape index (κ3) is 16.4. The van der Waals surface area contributed by atoms with Gasteiger partial charge in [0.2, 0.25) is 35.4 Å². The lowest BCUT2D eigenvalue weighted by molar-refractivity contribution is -0.138. The Kier molecular flexibility index (Phi) is 15.5. The van der Waals surface area contributed by atoms with Gasteiger partial charge in [-0.05, 0) is 88.9 Å². The van der Waals surface area contributed by atoms with E-state index in [0.29, 0.717) is 54.3 Å². The van der Waals surface area contributed by atoms with Crippen LogP contribution in [-0.4, -0.2) is 180 Å². The number of imide groups is 3. The second-order valence-electron chi connectivity index (χ2n) is 23.8. The average Bonchev–Trinajstić information content (AvgIpc) is 1.61. The molecule has 6 fully saturated rings. The Morgan fingerprint density at radius 2 is 0.606 bits per heavy atom. The van der Waals surface area contributed by atoms with Gasteiger partial charge in [-0.2, -0.15) is 0 Å². The van der Waals surface area contributed by atoms with Crippen molar-refractivity contribution in [1.29, 1.82) is 0 Å². The number of nitrogens with zero attached hydrogens (tertiary/aromatic N) is 6. The molecule has 0 aromatic heterocycles. The molecule has 516 valence electrons. The Balaban J connectivity index is 0.000000152. The van der Waals surface area contributed by atoms with Gasteiger partial charge >= 0.3 is 0 Å². The fraction of sp³-hybridized carbons (Fsp3) is 0.400. The summed E-state index contributed by atoms with van der Waals surface area (Å²) < 4.78 is 183. The van der Waals surface area contributed by atoms with E-state index in [1.54, 1.807) is 16.0 Å². The molecule has 6 saturated heterocycles. The largest absolute Gasteiger partial charge is 0.489 e. The Bertz CT molecular complexity index is 4420. The Labute approximate surface area is 599 Å². The van der Waals surface area contributed by atoms with Crippen molar-refractivity contribution in [2.75, 3.05) is 78.9 Å². The minimum Gasteiger partial charge on any atom is -0.489 e. The van der Waals surface area contributed by atoms with Crippen molar-refractivity contribution in [2.45, 2.75) is 115 Å². The van der Waals surface area contributed by atoms with Crippen LogP contribution < -0.4 is 30.2 Å². The van der Waals surface area contributed by atoms with Crippen molar-refractivity contribution >= 4 is 53.2 Å². The number of ether oxygens (including phenoxy) is 6. The van der Waals surface area contributed by atoms with Crippen LogP contribution in [0.15, 0.2) is 127 Å². The lowest BCUT2D eigenvalue weighted by Crippen LogP contribution is -2.52. The Morgan fingerprint density at radius 3 is 0.869 bits per heavy atom. The molecule has 3 atom stereocenters. The predicted molar refractivity (Wildman–Crippen MR) is 358 cm³/mol. The van der Waals surface area contributed by atoms with Crippen LogP contribution in [0.3, 0.4) is 0 Å². The molecule has 9 amide bonds. The molecule has 9 aliphatic heterocycles. The van der Waals surface area contributed by atoms with Gasteiger partial charge in [0, 0.05) is 128 Å². The van der Waals surface area contributed by atoms with E-state index in [1.807, 2.05) is 72.8 Å². The monoisotopic (exact) mass is 1370 g/mol. The number of piperidine rings is 3. The summed E-state index contributed by atoms with van der Waals surface area (Å²) in [4.78, 5) is 122. The number of carbonyl (C=O) groups is 9. The molecule has 0 saturated carbocycles. The van der Waals surface area contributed by atoms with E-state index < -0.39 is 129 Å². The first-order valence-electron chi connectivity index (χ1n) is 41.1. The first kappa shape index (κ1) is 48.9. The molecule has 6 aromatic carbocycles. The fourth-order valence-electron chi connectivity index (χ4n) is 11.8. The van der Waals surface area contributed by atoms with E-state index in [0.717, 1.165) is 92.3 Å². The standard InChI is InChI=1S/3C25H27N3O5/c3*29-23-9-8-21(24(30)26-23)28-15-20-19(25(28)31)2-1-3-22(20)33-16-18-6-4-17(5-7-18)14-27-10-12-32-13-11-27/h3*1-7,21H,8-16H2,(H,26,29,30)/t2*21-;/m10./s1/i3*8D2,9D2,15D2. The first-order chi connectivity index (χ1) is 55.1. The molecule has 0 bridgehead atoms. The zero-order chi connectivity index (χ0) is 84.5. The van der Waals surface area contributed by atoms with Crippen molar-refractivity contribution in [2.24, 2.45) is 0 Å². The number of fused-ring (bicyclic) bond motifs is 3. The third-order valence-corrected chi connectivity index (χ3v) is 17.1. The van der Waals surface area contributed by atoms with Gasteiger partial charge in [0.05, 0.1) is 67.4 Å². The molecule has 1 unspecified atom stereocenters. The van der Waals surface area contributed by atoms with Crippen LogP contribution in [-0.2, 0) is 102 Å². The number of hydrogen-bond acceptors (Lipinski definition) is 18. The number of morpholine rings is 3. The molecule has 9 aliphatic rings. The van der Waals surface area contributed by atoms with E-state index in [1.165, 1.54) is 54.6 Å². The predicted octanol–water partition coefficient (Wildman–Crippen LogP) is 5.58. The maximum Gasteiger partial charge on any atom is 0.255 e. The van der Waals surface area contributed by atoms with E-state index in [9.17, 15) is 43.2 Å². The van der Waals surface area contributed by atoms with Gasteiger partial charge in [-0.25, -0.2) is 0 Å². The molecular weight excluding hydrogens is 1270 g/mol. The van der Waals surface area contributed by atoms with E-state index >= 15 is 0 Å². The molecule has 99 heavy (non-hydrogen) atoms. The second-order valence-corrected chi connectivity index (χ2v) is 23.8. The quantitative estimate of drug-likeness (QED) is 0.0887. The molecule has 3 N–H and O–H groups in total. The summed E-state index contributed by atoms with van der Waals surface area (Å²) in [5.74, 6) is -11.3. The molecule has 9 heterocycles. The average molecular weight is 1370 g/mol. The van der Waals surface area contributed by atoms with Crippen molar-refractivity contribution < 1.29 is 96.2 Å². The van der Waals surface area contributed by atoms with E-state index in [2.05, 4.69) is 14.7 Å². The van der Waals surface area contributed by atoms with Crippen LogP contribution in [0.4, 0.5) is 0 Å². The molecule has 24 heteroatoms. The van der Waals surface area contributed by atoms with Crippen molar-refractivity contribution in [3.8, 4) is 17.2 Å². The highest BCUT2D eigenvalue weighted by atomic mass is 16.5. The Morgan fingerprint density at radius 1 is 0.354 bits per heavy atom. The second kappa shape index (κ2) is 31.4. The van der Waals surface area contributed by atoms with Gasteiger partial charge in [-0.3, -0.25) is 73.8 Å². The highest BCUT2D eigenvalue weighted by molar-refractivity contribution is 6.08. The summed E-state index contributed by atoms with van der Waals surface area (Å²) in [6.07, 6.45) is -19.2. The molecule has 24 nitrogen and oxygen atoms in total. The van der Waals surface area contributed by atoms with Crippen molar-refractivity contribution in [3.05, 3.63) is 194 Å². The smallest absolute Gasteiger partial charge is 0.255 e. The summed E-state index contributed by atoms with van der Waals surface area (Å²) in [7, 11) is 0. The number of carbonyl (C=O) groups excluding carboxylic acids is 9. The van der Waals surface area contributed by atoms with Crippen molar-refractivity contribution in [1.82, 2.24) is 45.3 Å². The summed E-state index contributed by atoms with van der Waals surface area (Å²) in [5.41, 5.74) is 4.77. The van der Waals surface area contributed by atoms with Crippen LogP contribution >= 0.6 is 0 Å². The van der Waals surface area contributed by atoms with Crippen LogP contribution in [0.5, 0.6) is 17.2 Å². The van der Waals surface area contributed by atoms with Gasteiger partial charge in [0.15, 0.2) is 0 Å². The van der Waals surface area contributed by atoms with Crippen LogP contribution in [0, 0.1) is 0 Å². The Hall–Kier alpha value is -9.69. The first-order valence-corrected chi connectivity index (χ1v) is 32.1. The minimum absolute atomic E-state index is 0.0293. The molecular formula is C75H81N9O15. The minimum atomic E-state index is -3.21. The van der Waals surface area contributed by atoms with Crippen molar-refractivity contribution in [3.63, 3.8) is 0 Å². The molecule has 6 aromatic rings. The van der Waals surface area contributed by atoms with Crippen LogP contribution in [0.2, 0.25) is 0 Å². The van der Waals surface area contributed by atoms with Crippen LogP contribution in [0.25, 0.3) is 0 Å². The van der Waals surface area contributed by atoms with E-state index in [-0.39, 0.29) is 70.4 Å².